The molecule has 5 heteroatoms. The highest BCUT2D eigenvalue weighted by molar-refractivity contribution is 6.05. The fourth-order valence-corrected chi connectivity index (χ4v) is 2.66. The van der Waals surface area contributed by atoms with Crippen molar-refractivity contribution in [1.82, 2.24) is 10.2 Å². The van der Waals surface area contributed by atoms with Crippen molar-refractivity contribution < 1.29 is 4.79 Å². The second-order valence-corrected chi connectivity index (χ2v) is 5.17. The molecule has 0 aliphatic carbocycles. The van der Waals surface area contributed by atoms with Crippen molar-refractivity contribution in [3.63, 3.8) is 0 Å². The first kappa shape index (κ1) is 12.0. The number of aromatic nitrogens is 2. The summed E-state index contributed by atoms with van der Waals surface area (Å²) >= 11 is 0. The number of rotatable bonds is 2. The van der Waals surface area contributed by atoms with Gasteiger partial charge >= 0.3 is 0 Å². The number of aromatic amines is 1. The highest BCUT2D eigenvalue weighted by atomic mass is 16.1. The van der Waals surface area contributed by atoms with Crippen molar-refractivity contribution in [3.8, 4) is 0 Å². The molecule has 0 saturated heterocycles. The highest BCUT2D eigenvalue weighted by Gasteiger charge is 2.13. The SMILES string of the molecule is O=C(Nc1ccc2cn[nH]c2c1)c1ccc2c(c1)CCN2. The lowest BCUT2D eigenvalue weighted by molar-refractivity contribution is 0.102. The van der Waals surface area contributed by atoms with Gasteiger partial charge in [-0.2, -0.15) is 5.10 Å². The summed E-state index contributed by atoms with van der Waals surface area (Å²) < 4.78 is 0. The number of hydrogen-bond acceptors (Lipinski definition) is 3. The van der Waals surface area contributed by atoms with Gasteiger partial charge < -0.3 is 10.6 Å². The molecule has 2 heterocycles. The maximum Gasteiger partial charge on any atom is 0.255 e. The van der Waals surface area contributed by atoms with E-state index in [-0.39, 0.29) is 5.91 Å². The molecule has 1 aliphatic rings. The average molecular weight is 278 g/mol. The van der Waals surface area contributed by atoms with Gasteiger partial charge in [-0.1, -0.05) is 0 Å². The van der Waals surface area contributed by atoms with E-state index in [1.165, 1.54) is 5.56 Å². The summed E-state index contributed by atoms with van der Waals surface area (Å²) in [6.45, 7) is 0.941. The Morgan fingerprint density at radius 1 is 1.19 bits per heavy atom. The molecule has 4 rings (SSSR count). The van der Waals surface area contributed by atoms with E-state index in [0.717, 1.165) is 35.2 Å². The number of amides is 1. The molecule has 1 aromatic heterocycles. The van der Waals surface area contributed by atoms with Crippen molar-refractivity contribution in [1.29, 1.82) is 0 Å². The number of carbonyl (C=O) groups is 1. The first-order valence-electron chi connectivity index (χ1n) is 6.91. The van der Waals surface area contributed by atoms with Gasteiger partial charge in [0.15, 0.2) is 0 Å². The summed E-state index contributed by atoms with van der Waals surface area (Å²) in [5.41, 5.74) is 4.68. The molecule has 0 spiro atoms. The van der Waals surface area contributed by atoms with E-state index in [1.807, 2.05) is 36.4 Å². The minimum absolute atomic E-state index is 0.0939. The van der Waals surface area contributed by atoms with E-state index >= 15 is 0 Å². The Labute approximate surface area is 121 Å². The number of H-pyrrole nitrogens is 1. The van der Waals surface area contributed by atoms with Crippen LogP contribution in [-0.2, 0) is 6.42 Å². The maximum atomic E-state index is 12.3. The molecule has 0 saturated carbocycles. The summed E-state index contributed by atoms with van der Waals surface area (Å²) in [5, 5.41) is 14.1. The van der Waals surface area contributed by atoms with E-state index in [4.69, 9.17) is 0 Å². The van der Waals surface area contributed by atoms with E-state index in [9.17, 15) is 4.79 Å². The number of nitrogens with one attached hydrogen (secondary N) is 3. The molecule has 0 bridgehead atoms. The monoisotopic (exact) mass is 278 g/mol. The molecule has 0 atom stereocenters. The van der Waals surface area contributed by atoms with Gasteiger partial charge in [-0.3, -0.25) is 9.89 Å². The molecule has 0 unspecified atom stereocenters. The summed E-state index contributed by atoms with van der Waals surface area (Å²) in [4.78, 5) is 12.3. The quantitative estimate of drug-likeness (QED) is 0.675. The zero-order chi connectivity index (χ0) is 14.2. The van der Waals surface area contributed by atoms with Gasteiger partial charge in [0.05, 0.1) is 11.7 Å². The van der Waals surface area contributed by atoms with E-state index < -0.39 is 0 Å². The normalized spacial score (nSPS) is 13.0. The van der Waals surface area contributed by atoms with Crippen molar-refractivity contribution in [3.05, 3.63) is 53.7 Å². The minimum Gasteiger partial charge on any atom is -0.384 e. The van der Waals surface area contributed by atoms with Crippen molar-refractivity contribution in [2.24, 2.45) is 0 Å². The lowest BCUT2D eigenvalue weighted by Crippen LogP contribution is -2.12. The van der Waals surface area contributed by atoms with Gasteiger partial charge in [0.2, 0.25) is 0 Å². The Morgan fingerprint density at radius 3 is 3.10 bits per heavy atom. The second kappa shape index (κ2) is 4.63. The fourth-order valence-electron chi connectivity index (χ4n) is 2.66. The lowest BCUT2D eigenvalue weighted by atomic mass is 10.1. The predicted octanol–water partition coefficient (Wildman–Crippen LogP) is 2.78. The average Bonchev–Trinajstić information content (AvgIpc) is 3.14. The van der Waals surface area contributed by atoms with Crippen molar-refractivity contribution >= 4 is 28.2 Å². The predicted molar refractivity (Wildman–Crippen MR) is 82.7 cm³/mol. The maximum absolute atomic E-state index is 12.3. The number of nitrogens with zero attached hydrogens (tertiary/aromatic N) is 1. The molecular formula is C16H14N4O. The molecule has 0 radical (unpaired) electrons. The molecule has 5 nitrogen and oxygen atoms in total. The van der Waals surface area contributed by atoms with Crippen LogP contribution in [0.15, 0.2) is 42.6 Å². The zero-order valence-electron chi connectivity index (χ0n) is 11.3. The molecular weight excluding hydrogens is 264 g/mol. The molecule has 3 N–H and O–H groups in total. The van der Waals surface area contributed by atoms with Gasteiger partial charge in [0.25, 0.3) is 5.91 Å². The van der Waals surface area contributed by atoms with Gasteiger partial charge in [0.1, 0.15) is 0 Å². The number of carbonyl (C=O) groups excluding carboxylic acids is 1. The molecule has 104 valence electrons. The molecule has 3 aromatic rings. The molecule has 0 fully saturated rings. The van der Waals surface area contributed by atoms with E-state index in [2.05, 4.69) is 20.8 Å². The zero-order valence-corrected chi connectivity index (χ0v) is 11.3. The van der Waals surface area contributed by atoms with Gasteiger partial charge in [-0.05, 0) is 48.4 Å². The summed E-state index contributed by atoms with van der Waals surface area (Å²) in [6.07, 6.45) is 2.73. The van der Waals surface area contributed by atoms with Crippen LogP contribution in [0.2, 0.25) is 0 Å². The topological polar surface area (TPSA) is 69.8 Å². The Kier molecular flexibility index (Phi) is 2.64. The number of hydrogen-bond donors (Lipinski definition) is 3. The Bertz CT molecular complexity index is 837. The molecule has 1 aliphatic heterocycles. The number of benzene rings is 2. The Morgan fingerprint density at radius 2 is 2.14 bits per heavy atom. The number of anilines is 2. The van der Waals surface area contributed by atoms with Crippen LogP contribution < -0.4 is 10.6 Å². The van der Waals surface area contributed by atoms with Crippen LogP contribution in [0.5, 0.6) is 0 Å². The van der Waals surface area contributed by atoms with E-state index in [1.54, 1.807) is 6.20 Å². The smallest absolute Gasteiger partial charge is 0.255 e. The van der Waals surface area contributed by atoms with Crippen LogP contribution in [0.3, 0.4) is 0 Å². The lowest BCUT2D eigenvalue weighted by Gasteiger charge is -2.07. The minimum atomic E-state index is -0.0939. The third-order valence-corrected chi connectivity index (χ3v) is 3.78. The van der Waals surface area contributed by atoms with Crippen LogP contribution in [0.25, 0.3) is 10.9 Å². The molecule has 1 amide bonds. The Hall–Kier alpha value is -2.82. The Balaban J connectivity index is 1.59. The first-order valence-corrected chi connectivity index (χ1v) is 6.91. The fraction of sp³-hybridized carbons (Fsp3) is 0.125. The first-order chi connectivity index (χ1) is 10.3. The van der Waals surface area contributed by atoms with Crippen LogP contribution in [-0.4, -0.2) is 22.6 Å². The third-order valence-electron chi connectivity index (χ3n) is 3.78. The second-order valence-electron chi connectivity index (χ2n) is 5.17. The largest absolute Gasteiger partial charge is 0.384 e. The molecule has 21 heavy (non-hydrogen) atoms. The summed E-state index contributed by atoms with van der Waals surface area (Å²) in [7, 11) is 0. The highest BCUT2D eigenvalue weighted by Crippen LogP contribution is 2.24. The van der Waals surface area contributed by atoms with E-state index in [0.29, 0.717) is 5.56 Å². The van der Waals surface area contributed by atoms with Crippen LogP contribution in [0.4, 0.5) is 11.4 Å². The van der Waals surface area contributed by atoms with Gasteiger partial charge in [0, 0.05) is 28.9 Å². The number of fused-ring (bicyclic) bond motifs is 2. The van der Waals surface area contributed by atoms with Gasteiger partial charge in [-0.25, -0.2) is 0 Å². The summed E-state index contributed by atoms with van der Waals surface area (Å²) in [5.74, 6) is -0.0939. The van der Waals surface area contributed by atoms with Gasteiger partial charge in [-0.15, -0.1) is 0 Å². The molecule has 2 aromatic carbocycles. The summed E-state index contributed by atoms with van der Waals surface area (Å²) in [6, 6.07) is 11.5. The van der Waals surface area contributed by atoms with Crippen LogP contribution in [0.1, 0.15) is 15.9 Å². The van der Waals surface area contributed by atoms with Crippen molar-refractivity contribution in [2.75, 3.05) is 17.2 Å². The van der Waals surface area contributed by atoms with Crippen LogP contribution in [0, 0.1) is 0 Å². The van der Waals surface area contributed by atoms with Crippen LogP contribution >= 0.6 is 0 Å². The van der Waals surface area contributed by atoms with Crippen molar-refractivity contribution in [2.45, 2.75) is 6.42 Å². The standard InChI is InChI=1S/C16H14N4O/c21-16(11-2-4-14-10(7-11)5-6-17-14)19-13-3-1-12-9-18-20-15(12)8-13/h1-4,7-9,17H,5-6H2,(H,18,20)(H,19,21). The third kappa shape index (κ3) is 2.12.